The van der Waals surface area contributed by atoms with Crippen LogP contribution in [0.3, 0.4) is 0 Å². The molecule has 0 N–H and O–H groups in total. The number of rotatable bonds is 2. The van der Waals surface area contributed by atoms with Crippen molar-refractivity contribution in [1.29, 1.82) is 0 Å². The van der Waals surface area contributed by atoms with Gasteiger partial charge in [0.15, 0.2) is 0 Å². The third-order valence-electron chi connectivity index (χ3n) is 0.911. The van der Waals surface area contributed by atoms with Crippen molar-refractivity contribution in [2.24, 2.45) is 5.92 Å². The Bertz CT molecular complexity index is 27.7. The van der Waals surface area contributed by atoms with Crippen LogP contribution in [0, 0.1) is 12.8 Å². The molecule has 0 nitrogen and oxygen atoms in total. The van der Waals surface area contributed by atoms with Gasteiger partial charge in [-0.3, -0.25) is 0 Å². The quantitative estimate of drug-likeness (QED) is 0.457. The summed E-state index contributed by atoms with van der Waals surface area (Å²) in [5.74, 6) is 0.463. The molecule has 1 atom stereocenters. The summed E-state index contributed by atoms with van der Waals surface area (Å²) in [4.78, 5) is 0. The Morgan fingerprint density at radius 2 is 2.00 bits per heavy atom. The molecule has 0 amide bonds. The molecule has 0 saturated heterocycles. The van der Waals surface area contributed by atoms with Gasteiger partial charge >= 0.3 is 0 Å². The summed E-state index contributed by atoms with van der Waals surface area (Å²) in [5, 5.41) is 0. The molecule has 0 aliphatic heterocycles. The maximum Gasteiger partial charge on any atom is 0.0622 e. The molecule has 8 heavy (non-hydrogen) atoms. The van der Waals surface area contributed by atoms with Gasteiger partial charge in [0.2, 0.25) is 0 Å². The summed E-state index contributed by atoms with van der Waals surface area (Å²) >= 11 is 0. The van der Waals surface area contributed by atoms with E-state index in [-0.39, 0.29) is 40.1 Å². The zero-order chi connectivity index (χ0) is 4.99. The Labute approximate surface area is 80.1 Å². The fourth-order valence-electron chi connectivity index (χ4n) is 0.167. The van der Waals surface area contributed by atoms with Crippen LogP contribution in [0.4, 0.5) is 0 Å². The molecule has 0 aliphatic carbocycles. The van der Waals surface area contributed by atoms with E-state index in [2.05, 4.69) is 13.8 Å². The molecule has 0 aromatic carbocycles. The van der Waals surface area contributed by atoms with Gasteiger partial charge in [0.05, 0.1) is 7.85 Å². The van der Waals surface area contributed by atoms with Gasteiger partial charge in [-0.25, -0.2) is 0 Å². The molecule has 3 radical (unpaired) electrons. The summed E-state index contributed by atoms with van der Waals surface area (Å²) in [5.41, 5.74) is 0. The van der Waals surface area contributed by atoms with Gasteiger partial charge in [-0.05, 0) is 0 Å². The Morgan fingerprint density at radius 1 is 1.62 bits per heavy atom. The van der Waals surface area contributed by atoms with Crippen LogP contribution < -0.4 is 0 Å². The first-order valence-corrected chi connectivity index (χ1v) is 2.34. The predicted octanol–water partition coefficient (Wildman–Crippen LogP) is 2.07. The van der Waals surface area contributed by atoms with Gasteiger partial charge in [0.1, 0.15) is 0 Å². The van der Waals surface area contributed by atoms with Crippen LogP contribution in [0.1, 0.15) is 20.8 Å². The molecule has 0 heterocycles. The SMILES string of the molecule is C.[B]CC([CH2-])CC.[Y]. The molecular formula is C6H14BY-. The minimum Gasteiger partial charge on any atom is -0.341 e. The summed E-state index contributed by atoms with van der Waals surface area (Å²) in [6.45, 7) is 5.84. The fourth-order valence-corrected chi connectivity index (χ4v) is 0.167. The van der Waals surface area contributed by atoms with Crippen molar-refractivity contribution in [2.75, 3.05) is 0 Å². The first-order chi connectivity index (χ1) is 2.81. The number of hydrogen-bond acceptors (Lipinski definition) is 0. The second-order valence-corrected chi connectivity index (χ2v) is 1.51. The van der Waals surface area contributed by atoms with Gasteiger partial charge < -0.3 is 6.92 Å². The van der Waals surface area contributed by atoms with E-state index >= 15 is 0 Å². The molecular weight excluding hydrogens is 172 g/mol. The molecule has 0 aromatic rings. The Kier molecular flexibility index (Phi) is 22.2. The van der Waals surface area contributed by atoms with E-state index < -0.39 is 0 Å². The fraction of sp³-hybridized carbons (Fsp3) is 0.833. The molecule has 0 aliphatic rings. The monoisotopic (exact) mass is 186 g/mol. The van der Waals surface area contributed by atoms with Crippen LogP contribution in [-0.4, -0.2) is 7.85 Å². The van der Waals surface area contributed by atoms with Crippen molar-refractivity contribution in [3.63, 3.8) is 0 Å². The van der Waals surface area contributed by atoms with Crippen molar-refractivity contribution in [3.05, 3.63) is 6.92 Å². The van der Waals surface area contributed by atoms with E-state index in [0.29, 0.717) is 5.92 Å². The molecule has 0 fully saturated rings. The summed E-state index contributed by atoms with van der Waals surface area (Å²) in [7, 11) is 5.22. The van der Waals surface area contributed by atoms with Gasteiger partial charge in [0, 0.05) is 32.7 Å². The maximum absolute atomic E-state index is 5.22. The molecule has 0 spiro atoms. The van der Waals surface area contributed by atoms with Gasteiger partial charge in [0.25, 0.3) is 0 Å². The average Bonchev–Trinajstić information content (AvgIpc) is 1.65. The zero-order valence-electron chi connectivity index (χ0n) is 4.85. The first kappa shape index (κ1) is 16.1. The maximum atomic E-state index is 5.22. The average molecular weight is 186 g/mol. The van der Waals surface area contributed by atoms with Gasteiger partial charge in [-0.15, -0.1) is 6.32 Å². The molecule has 0 rings (SSSR count). The van der Waals surface area contributed by atoms with Crippen molar-refractivity contribution in [2.45, 2.75) is 27.1 Å². The summed E-state index contributed by atoms with van der Waals surface area (Å²) in [6.07, 6.45) is 1.81. The number of hydrogen-bond donors (Lipinski definition) is 0. The van der Waals surface area contributed by atoms with Crippen LogP contribution in [-0.2, 0) is 32.7 Å². The summed E-state index contributed by atoms with van der Waals surface area (Å²) in [6, 6.07) is 0. The van der Waals surface area contributed by atoms with Crippen molar-refractivity contribution < 1.29 is 32.7 Å². The third kappa shape index (κ3) is 10.2. The second kappa shape index (κ2) is 11.0. The topological polar surface area (TPSA) is 0 Å². The second-order valence-electron chi connectivity index (χ2n) is 1.51. The van der Waals surface area contributed by atoms with Crippen LogP contribution in [0.2, 0.25) is 6.32 Å². The van der Waals surface area contributed by atoms with Gasteiger partial charge in [-0.1, -0.05) is 20.8 Å². The van der Waals surface area contributed by atoms with E-state index in [9.17, 15) is 0 Å². The molecule has 45 valence electrons. The Hall–Kier alpha value is 1.17. The standard InChI is InChI=1S/C5H10B.CH4.Y/c1-3-5(2)4-6;;/h5H,2-4H2,1H3;1H4;/q-1;;. The van der Waals surface area contributed by atoms with E-state index in [1.807, 2.05) is 0 Å². The molecule has 2 heteroatoms. The van der Waals surface area contributed by atoms with Crippen LogP contribution in [0.5, 0.6) is 0 Å². The molecule has 1 unspecified atom stereocenters. The zero-order valence-corrected chi connectivity index (χ0v) is 7.69. The van der Waals surface area contributed by atoms with E-state index in [4.69, 9.17) is 7.85 Å². The molecule has 0 bridgehead atoms. The smallest absolute Gasteiger partial charge is 0.0622 e. The minimum atomic E-state index is 0. The van der Waals surface area contributed by atoms with E-state index in [1.165, 1.54) is 0 Å². The molecule has 0 saturated carbocycles. The third-order valence-corrected chi connectivity index (χ3v) is 0.911. The summed E-state index contributed by atoms with van der Waals surface area (Å²) < 4.78 is 0. The predicted molar refractivity (Wildman–Crippen MR) is 36.4 cm³/mol. The Morgan fingerprint density at radius 3 is 2.00 bits per heavy atom. The van der Waals surface area contributed by atoms with E-state index in [0.717, 1.165) is 12.7 Å². The van der Waals surface area contributed by atoms with Crippen molar-refractivity contribution in [3.8, 4) is 0 Å². The van der Waals surface area contributed by atoms with Crippen LogP contribution >= 0.6 is 0 Å². The Balaban J connectivity index is -0.000000125. The van der Waals surface area contributed by atoms with Gasteiger partial charge in [-0.2, -0.15) is 5.92 Å². The van der Waals surface area contributed by atoms with Crippen molar-refractivity contribution in [1.82, 2.24) is 0 Å². The van der Waals surface area contributed by atoms with Crippen LogP contribution in [0.25, 0.3) is 0 Å². The molecule has 0 aromatic heterocycles. The van der Waals surface area contributed by atoms with Crippen LogP contribution in [0.15, 0.2) is 0 Å². The normalized spacial score (nSPS) is 10.8. The minimum absolute atomic E-state index is 0. The largest absolute Gasteiger partial charge is 0.341 e. The first-order valence-electron chi connectivity index (χ1n) is 2.34. The van der Waals surface area contributed by atoms with E-state index in [1.54, 1.807) is 0 Å². The van der Waals surface area contributed by atoms with Crippen molar-refractivity contribution >= 4 is 7.85 Å².